The number of amides is 2. The van der Waals surface area contributed by atoms with Gasteiger partial charge in [0.05, 0.1) is 17.8 Å². The number of hydrogen-bond donors (Lipinski definition) is 1. The average molecular weight is 390 g/mol. The molecule has 1 fully saturated rings. The standard InChI is InChI=1S/C19H20ClN3O4/c1-11-16(18(25)21-12(2)17(11)20)19(26)22-8-9-23(15(24)10-22)13-6-4-5-7-14(13)27-3/h4-7H,8-10H2,1-3H3,(H,21,25). The SMILES string of the molecule is COc1ccccc1N1CCN(C(=O)c2c(C)c(Cl)c(C)[nH]c2=O)CC1=O. The lowest BCUT2D eigenvalue weighted by Crippen LogP contribution is -2.53. The predicted octanol–water partition coefficient (Wildman–Crippen LogP) is 2.14. The number of halogens is 1. The number of para-hydroxylation sites is 2. The maximum atomic E-state index is 12.9. The summed E-state index contributed by atoms with van der Waals surface area (Å²) < 4.78 is 5.31. The first-order valence-corrected chi connectivity index (χ1v) is 8.84. The molecule has 2 aromatic rings. The van der Waals surface area contributed by atoms with Crippen molar-refractivity contribution in [2.75, 3.05) is 31.6 Å². The summed E-state index contributed by atoms with van der Waals surface area (Å²) >= 11 is 6.17. The van der Waals surface area contributed by atoms with Gasteiger partial charge in [-0.05, 0) is 31.5 Å². The van der Waals surface area contributed by atoms with Gasteiger partial charge in [0.15, 0.2) is 0 Å². The second-order valence-corrected chi connectivity index (χ2v) is 6.72. The number of aromatic amines is 1. The Morgan fingerprint density at radius 1 is 1.19 bits per heavy atom. The van der Waals surface area contributed by atoms with E-state index in [-0.39, 0.29) is 18.0 Å². The Kier molecular flexibility index (Phi) is 5.23. The zero-order valence-electron chi connectivity index (χ0n) is 15.3. The Labute approximate surface area is 161 Å². The number of aromatic nitrogens is 1. The summed E-state index contributed by atoms with van der Waals surface area (Å²) in [7, 11) is 1.54. The third kappa shape index (κ3) is 3.42. The Balaban J connectivity index is 1.85. The molecule has 1 N–H and O–H groups in total. The van der Waals surface area contributed by atoms with Crippen molar-refractivity contribution in [2.24, 2.45) is 0 Å². The Bertz CT molecular complexity index is 970. The number of anilines is 1. The number of nitrogens with one attached hydrogen (secondary N) is 1. The molecule has 0 atom stereocenters. The highest BCUT2D eigenvalue weighted by molar-refractivity contribution is 6.32. The number of methoxy groups -OCH3 is 1. The number of ether oxygens (including phenoxy) is 1. The van der Waals surface area contributed by atoms with Gasteiger partial charge in [0.1, 0.15) is 17.9 Å². The molecular weight excluding hydrogens is 370 g/mol. The molecule has 2 heterocycles. The number of carbonyl (C=O) groups is 2. The number of rotatable bonds is 3. The highest BCUT2D eigenvalue weighted by Crippen LogP contribution is 2.29. The number of H-pyrrole nitrogens is 1. The van der Waals surface area contributed by atoms with Gasteiger partial charge in [-0.2, -0.15) is 0 Å². The Morgan fingerprint density at radius 3 is 2.56 bits per heavy atom. The molecule has 27 heavy (non-hydrogen) atoms. The molecule has 1 aliphatic heterocycles. The van der Waals surface area contributed by atoms with Crippen LogP contribution in [0.1, 0.15) is 21.6 Å². The zero-order valence-corrected chi connectivity index (χ0v) is 16.1. The van der Waals surface area contributed by atoms with E-state index in [0.717, 1.165) is 0 Å². The summed E-state index contributed by atoms with van der Waals surface area (Å²) in [6, 6.07) is 7.21. The minimum absolute atomic E-state index is 0.0239. The van der Waals surface area contributed by atoms with Crippen LogP contribution < -0.4 is 15.2 Å². The lowest BCUT2D eigenvalue weighted by Gasteiger charge is -2.35. The van der Waals surface area contributed by atoms with Crippen molar-refractivity contribution >= 4 is 29.1 Å². The summed E-state index contributed by atoms with van der Waals surface area (Å²) in [5.74, 6) is -0.154. The van der Waals surface area contributed by atoms with Crippen molar-refractivity contribution in [3.8, 4) is 5.75 Å². The Hall–Kier alpha value is -2.80. The molecule has 142 valence electrons. The van der Waals surface area contributed by atoms with Crippen LogP contribution >= 0.6 is 11.6 Å². The molecule has 1 aliphatic rings. The number of piperazine rings is 1. The fourth-order valence-corrected chi connectivity index (χ4v) is 3.36. The quantitative estimate of drug-likeness (QED) is 0.871. The van der Waals surface area contributed by atoms with Crippen molar-refractivity contribution in [1.82, 2.24) is 9.88 Å². The van der Waals surface area contributed by atoms with Crippen LogP contribution in [-0.4, -0.2) is 48.4 Å². The van der Waals surface area contributed by atoms with Crippen molar-refractivity contribution in [3.63, 3.8) is 0 Å². The van der Waals surface area contributed by atoms with Crippen LogP contribution in [0.15, 0.2) is 29.1 Å². The van der Waals surface area contributed by atoms with Crippen molar-refractivity contribution in [2.45, 2.75) is 13.8 Å². The van der Waals surface area contributed by atoms with E-state index >= 15 is 0 Å². The van der Waals surface area contributed by atoms with Crippen LogP contribution in [0.2, 0.25) is 5.02 Å². The number of hydrogen-bond acceptors (Lipinski definition) is 4. The van der Waals surface area contributed by atoms with Crippen molar-refractivity contribution < 1.29 is 14.3 Å². The van der Waals surface area contributed by atoms with Gasteiger partial charge in [0, 0.05) is 18.8 Å². The first kappa shape index (κ1) is 19.0. The lowest BCUT2D eigenvalue weighted by molar-refractivity contribution is -0.120. The van der Waals surface area contributed by atoms with E-state index in [9.17, 15) is 14.4 Å². The van der Waals surface area contributed by atoms with Crippen LogP contribution in [0.25, 0.3) is 0 Å². The molecule has 0 bridgehead atoms. The number of carbonyl (C=O) groups excluding carboxylic acids is 2. The maximum absolute atomic E-state index is 12.9. The summed E-state index contributed by atoms with van der Waals surface area (Å²) in [6.45, 7) is 3.78. The fourth-order valence-electron chi connectivity index (χ4n) is 3.22. The van der Waals surface area contributed by atoms with E-state index < -0.39 is 11.5 Å². The normalized spacial score (nSPS) is 14.4. The minimum atomic E-state index is -0.501. The summed E-state index contributed by atoms with van der Waals surface area (Å²) in [6.07, 6.45) is 0. The first-order chi connectivity index (χ1) is 12.8. The van der Waals surface area contributed by atoms with Gasteiger partial charge in [-0.1, -0.05) is 23.7 Å². The fraction of sp³-hybridized carbons (Fsp3) is 0.316. The predicted molar refractivity (Wildman–Crippen MR) is 103 cm³/mol. The molecule has 3 rings (SSSR count). The summed E-state index contributed by atoms with van der Waals surface area (Å²) in [4.78, 5) is 43.3. The van der Waals surface area contributed by atoms with Gasteiger partial charge in [-0.25, -0.2) is 0 Å². The van der Waals surface area contributed by atoms with E-state index in [1.54, 1.807) is 38.0 Å². The van der Waals surface area contributed by atoms with E-state index in [2.05, 4.69) is 4.98 Å². The third-order valence-corrected chi connectivity index (χ3v) is 5.23. The van der Waals surface area contributed by atoms with Crippen LogP contribution in [0.5, 0.6) is 5.75 Å². The van der Waals surface area contributed by atoms with E-state index in [4.69, 9.17) is 16.3 Å². The van der Waals surface area contributed by atoms with Gasteiger partial charge < -0.3 is 19.5 Å². The zero-order chi connectivity index (χ0) is 19.7. The smallest absolute Gasteiger partial charge is 0.261 e. The third-order valence-electron chi connectivity index (χ3n) is 4.66. The van der Waals surface area contributed by atoms with Gasteiger partial charge in [-0.3, -0.25) is 14.4 Å². The van der Waals surface area contributed by atoms with Crippen molar-refractivity contribution in [3.05, 3.63) is 56.5 Å². The molecule has 0 aliphatic carbocycles. The topological polar surface area (TPSA) is 82.7 Å². The van der Waals surface area contributed by atoms with Gasteiger partial charge in [0.2, 0.25) is 5.91 Å². The molecule has 0 unspecified atom stereocenters. The average Bonchev–Trinajstić information content (AvgIpc) is 2.66. The Morgan fingerprint density at radius 2 is 1.89 bits per heavy atom. The molecule has 1 saturated heterocycles. The summed E-state index contributed by atoms with van der Waals surface area (Å²) in [5.41, 5.74) is 1.06. The number of pyridine rings is 1. The highest BCUT2D eigenvalue weighted by atomic mass is 35.5. The number of aryl methyl sites for hydroxylation is 1. The number of benzene rings is 1. The molecule has 0 saturated carbocycles. The monoisotopic (exact) mass is 389 g/mol. The van der Waals surface area contributed by atoms with E-state index in [0.29, 0.717) is 40.8 Å². The molecule has 1 aromatic heterocycles. The van der Waals surface area contributed by atoms with Gasteiger partial charge in [0.25, 0.3) is 11.5 Å². The van der Waals surface area contributed by atoms with Crippen LogP contribution in [-0.2, 0) is 4.79 Å². The molecule has 8 heteroatoms. The molecule has 0 spiro atoms. The largest absolute Gasteiger partial charge is 0.495 e. The van der Waals surface area contributed by atoms with Crippen LogP contribution in [0.4, 0.5) is 5.69 Å². The minimum Gasteiger partial charge on any atom is -0.495 e. The second-order valence-electron chi connectivity index (χ2n) is 6.34. The molecule has 1 aromatic carbocycles. The maximum Gasteiger partial charge on any atom is 0.261 e. The van der Waals surface area contributed by atoms with Crippen molar-refractivity contribution in [1.29, 1.82) is 0 Å². The van der Waals surface area contributed by atoms with E-state index in [1.165, 1.54) is 4.90 Å². The molecular formula is C19H20ClN3O4. The lowest BCUT2D eigenvalue weighted by atomic mass is 10.1. The molecule has 7 nitrogen and oxygen atoms in total. The van der Waals surface area contributed by atoms with E-state index in [1.807, 2.05) is 12.1 Å². The highest BCUT2D eigenvalue weighted by Gasteiger charge is 2.32. The van der Waals surface area contributed by atoms with Gasteiger partial charge in [-0.15, -0.1) is 0 Å². The second kappa shape index (κ2) is 7.44. The summed E-state index contributed by atoms with van der Waals surface area (Å²) in [5, 5.41) is 0.344. The molecule has 0 radical (unpaired) electrons. The molecule has 2 amide bonds. The van der Waals surface area contributed by atoms with Gasteiger partial charge >= 0.3 is 0 Å². The first-order valence-electron chi connectivity index (χ1n) is 8.46. The van der Waals surface area contributed by atoms with Crippen LogP contribution in [0.3, 0.4) is 0 Å². The van der Waals surface area contributed by atoms with Crippen LogP contribution in [0, 0.1) is 13.8 Å². The number of nitrogens with zero attached hydrogens (tertiary/aromatic N) is 2.